The van der Waals surface area contributed by atoms with E-state index in [4.69, 9.17) is 0 Å². The molecule has 0 unspecified atom stereocenters. The number of hydrogen-bond donors (Lipinski definition) is 1. The Balaban J connectivity index is 1.78. The number of rotatable bonds is 3. The SMILES string of the molecule is CN1C[C@H]2CN(C(=O)Cc3c(F)cc(F)cc3F)C[C@@]2(C(=O)O)C1. The summed E-state index contributed by atoms with van der Waals surface area (Å²) in [6.07, 6.45) is -0.559. The van der Waals surface area contributed by atoms with Crippen LogP contribution in [0.1, 0.15) is 5.56 Å². The number of benzene rings is 1. The van der Waals surface area contributed by atoms with Crippen LogP contribution in [0.25, 0.3) is 0 Å². The van der Waals surface area contributed by atoms with Gasteiger partial charge in [-0.05, 0) is 7.05 Å². The summed E-state index contributed by atoms with van der Waals surface area (Å²) in [7, 11) is 1.82. The third-order valence-electron chi connectivity index (χ3n) is 4.99. The Kier molecular flexibility index (Phi) is 4.03. The Morgan fingerprint density at radius 3 is 2.38 bits per heavy atom. The second kappa shape index (κ2) is 5.77. The highest BCUT2D eigenvalue weighted by Gasteiger charge is 2.57. The Bertz CT molecular complexity index is 689. The van der Waals surface area contributed by atoms with Crippen molar-refractivity contribution in [1.82, 2.24) is 9.80 Å². The second-order valence-corrected chi connectivity index (χ2v) is 6.65. The number of carbonyl (C=O) groups excluding carboxylic acids is 1. The molecule has 0 bridgehead atoms. The van der Waals surface area contributed by atoms with E-state index >= 15 is 0 Å². The monoisotopic (exact) mass is 342 g/mol. The van der Waals surface area contributed by atoms with Crippen LogP contribution in [-0.2, 0) is 16.0 Å². The molecule has 1 amide bonds. The lowest BCUT2D eigenvalue weighted by molar-refractivity contribution is -0.149. The first kappa shape index (κ1) is 16.8. The van der Waals surface area contributed by atoms with Crippen LogP contribution >= 0.6 is 0 Å². The summed E-state index contributed by atoms with van der Waals surface area (Å²) in [6.45, 7) is 1.13. The number of amides is 1. The van der Waals surface area contributed by atoms with E-state index in [1.807, 2.05) is 11.9 Å². The van der Waals surface area contributed by atoms with Crippen LogP contribution in [0.15, 0.2) is 12.1 Å². The van der Waals surface area contributed by atoms with E-state index in [1.54, 1.807) is 0 Å². The number of aliphatic carboxylic acids is 1. The molecule has 0 spiro atoms. The number of carboxylic acids is 1. The summed E-state index contributed by atoms with van der Waals surface area (Å²) >= 11 is 0. The van der Waals surface area contributed by atoms with Crippen molar-refractivity contribution in [3.8, 4) is 0 Å². The van der Waals surface area contributed by atoms with Gasteiger partial charge in [-0.3, -0.25) is 9.59 Å². The van der Waals surface area contributed by atoms with Crippen LogP contribution in [0.4, 0.5) is 13.2 Å². The van der Waals surface area contributed by atoms with Gasteiger partial charge in [-0.1, -0.05) is 0 Å². The number of hydrogen-bond acceptors (Lipinski definition) is 3. The average Bonchev–Trinajstić information content (AvgIpc) is 2.96. The maximum absolute atomic E-state index is 13.7. The summed E-state index contributed by atoms with van der Waals surface area (Å²) < 4.78 is 40.3. The van der Waals surface area contributed by atoms with Gasteiger partial charge in [0, 0.05) is 49.8 Å². The zero-order valence-corrected chi connectivity index (χ0v) is 13.1. The average molecular weight is 342 g/mol. The normalized spacial score (nSPS) is 26.7. The highest BCUT2D eigenvalue weighted by atomic mass is 19.1. The van der Waals surface area contributed by atoms with Gasteiger partial charge in [-0.15, -0.1) is 0 Å². The van der Waals surface area contributed by atoms with Gasteiger partial charge in [-0.25, -0.2) is 13.2 Å². The fourth-order valence-corrected chi connectivity index (χ4v) is 3.81. The third-order valence-corrected chi connectivity index (χ3v) is 4.99. The largest absolute Gasteiger partial charge is 0.481 e. The zero-order valence-electron chi connectivity index (χ0n) is 13.1. The number of carbonyl (C=O) groups is 2. The first-order valence-corrected chi connectivity index (χ1v) is 7.56. The molecule has 0 aliphatic carbocycles. The van der Waals surface area contributed by atoms with Gasteiger partial charge in [0.2, 0.25) is 5.91 Å². The molecule has 24 heavy (non-hydrogen) atoms. The minimum absolute atomic E-state index is 0.0145. The molecule has 130 valence electrons. The first-order valence-electron chi connectivity index (χ1n) is 7.56. The third kappa shape index (κ3) is 2.64. The van der Waals surface area contributed by atoms with Crippen molar-refractivity contribution >= 4 is 11.9 Å². The molecule has 1 N–H and O–H groups in total. The molecule has 0 saturated carbocycles. The van der Waals surface area contributed by atoms with Crippen molar-refractivity contribution in [2.24, 2.45) is 11.3 Å². The van der Waals surface area contributed by atoms with Crippen LogP contribution in [0, 0.1) is 28.8 Å². The fraction of sp³-hybridized carbons (Fsp3) is 0.500. The van der Waals surface area contributed by atoms with Crippen molar-refractivity contribution in [1.29, 1.82) is 0 Å². The minimum Gasteiger partial charge on any atom is -0.481 e. The lowest BCUT2D eigenvalue weighted by Crippen LogP contribution is -2.41. The molecule has 5 nitrogen and oxygen atoms in total. The summed E-state index contributed by atoms with van der Waals surface area (Å²) in [5.41, 5.74) is -1.54. The van der Waals surface area contributed by atoms with E-state index in [-0.39, 0.29) is 19.0 Å². The zero-order chi connectivity index (χ0) is 17.6. The van der Waals surface area contributed by atoms with E-state index in [9.17, 15) is 27.9 Å². The van der Waals surface area contributed by atoms with Crippen LogP contribution < -0.4 is 0 Å². The van der Waals surface area contributed by atoms with Crippen LogP contribution in [0.3, 0.4) is 0 Å². The summed E-state index contributed by atoms with van der Waals surface area (Å²) in [5, 5.41) is 9.57. The molecule has 1 aromatic carbocycles. The predicted molar refractivity (Wildman–Crippen MR) is 77.7 cm³/mol. The molecule has 0 aromatic heterocycles. The van der Waals surface area contributed by atoms with E-state index in [2.05, 4.69) is 0 Å². The molecular formula is C16H17F3N2O3. The number of fused-ring (bicyclic) bond motifs is 1. The van der Waals surface area contributed by atoms with E-state index in [0.29, 0.717) is 25.2 Å². The van der Waals surface area contributed by atoms with E-state index < -0.39 is 46.7 Å². The lowest BCUT2D eigenvalue weighted by atomic mass is 9.81. The number of nitrogens with zero attached hydrogens (tertiary/aromatic N) is 2. The van der Waals surface area contributed by atoms with Crippen LogP contribution in [0.2, 0.25) is 0 Å². The van der Waals surface area contributed by atoms with Crippen LogP contribution in [-0.4, -0.2) is 60.0 Å². The van der Waals surface area contributed by atoms with Gasteiger partial charge in [0.05, 0.1) is 6.42 Å². The molecule has 8 heteroatoms. The summed E-state index contributed by atoms with van der Waals surface area (Å²) in [5.74, 6) is -5.03. The molecule has 2 fully saturated rings. The molecule has 2 saturated heterocycles. The Hall–Kier alpha value is -2.09. The fourth-order valence-electron chi connectivity index (χ4n) is 3.81. The van der Waals surface area contributed by atoms with Crippen molar-refractivity contribution in [2.45, 2.75) is 6.42 Å². The number of halogens is 3. The van der Waals surface area contributed by atoms with Crippen molar-refractivity contribution in [2.75, 3.05) is 33.2 Å². The highest BCUT2D eigenvalue weighted by Crippen LogP contribution is 2.42. The topological polar surface area (TPSA) is 60.9 Å². The number of carboxylic acid groups (broad SMARTS) is 1. The molecular weight excluding hydrogens is 325 g/mol. The van der Waals surface area contributed by atoms with Crippen LogP contribution in [0.5, 0.6) is 0 Å². The molecule has 0 radical (unpaired) electrons. The predicted octanol–water partition coefficient (Wildman–Crippen LogP) is 1.12. The Morgan fingerprint density at radius 1 is 1.21 bits per heavy atom. The maximum Gasteiger partial charge on any atom is 0.313 e. The first-order chi connectivity index (χ1) is 11.2. The molecule has 2 heterocycles. The molecule has 3 rings (SSSR count). The Morgan fingerprint density at radius 2 is 1.83 bits per heavy atom. The highest BCUT2D eigenvalue weighted by molar-refractivity contribution is 5.83. The summed E-state index contributed by atoms with van der Waals surface area (Å²) in [6, 6.07) is 1.05. The molecule has 2 atom stereocenters. The molecule has 2 aliphatic heterocycles. The van der Waals surface area contributed by atoms with E-state index in [1.165, 1.54) is 4.90 Å². The molecule has 2 aliphatic rings. The lowest BCUT2D eigenvalue weighted by Gasteiger charge is -2.24. The van der Waals surface area contributed by atoms with Gasteiger partial charge in [-0.2, -0.15) is 0 Å². The molecule has 1 aromatic rings. The Labute approximate surface area is 136 Å². The van der Waals surface area contributed by atoms with Crippen molar-refractivity contribution in [3.63, 3.8) is 0 Å². The standard InChI is InChI=1S/C16H17F3N2O3/c1-20-5-9-6-21(8-16(9,7-20)15(23)24)14(22)4-11-12(18)2-10(17)3-13(11)19/h2-3,9H,4-8H2,1H3,(H,23,24)/t9-,16-/m0/s1. The van der Waals surface area contributed by atoms with E-state index in [0.717, 1.165) is 0 Å². The van der Waals surface area contributed by atoms with Gasteiger partial charge in [0.25, 0.3) is 0 Å². The maximum atomic E-state index is 13.7. The van der Waals surface area contributed by atoms with Crippen molar-refractivity contribution < 1.29 is 27.9 Å². The van der Waals surface area contributed by atoms with Gasteiger partial charge in [0.1, 0.15) is 22.9 Å². The minimum atomic E-state index is -1.12. The quantitative estimate of drug-likeness (QED) is 0.894. The smallest absolute Gasteiger partial charge is 0.313 e. The van der Waals surface area contributed by atoms with Crippen molar-refractivity contribution in [3.05, 3.63) is 35.1 Å². The second-order valence-electron chi connectivity index (χ2n) is 6.65. The van der Waals surface area contributed by atoms with Gasteiger partial charge < -0.3 is 14.9 Å². The van der Waals surface area contributed by atoms with Gasteiger partial charge in [0.15, 0.2) is 0 Å². The number of likely N-dealkylation sites (tertiary alicyclic amines) is 2. The summed E-state index contributed by atoms with van der Waals surface area (Å²) in [4.78, 5) is 27.3. The van der Waals surface area contributed by atoms with Gasteiger partial charge >= 0.3 is 5.97 Å².